The second kappa shape index (κ2) is 7.02. The Morgan fingerprint density at radius 1 is 1.18 bits per heavy atom. The third-order valence-electron chi connectivity index (χ3n) is 3.36. The minimum Gasteiger partial charge on any atom is -0.494 e. The van der Waals surface area contributed by atoms with Crippen molar-refractivity contribution in [3.8, 4) is 5.75 Å². The van der Waals surface area contributed by atoms with Gasteiger partial charge in [-0.3, -0.25) is 4.79 Å². The van der Waals surface area contributed by atoms with Gasteiger partial charge in [-0.1, -0.05) is 24.3 Å². The summed E-state index contributed by atoms with van der Waals surface area (Å²) in [7, 11) is 1.39. The van der Waals surface area contributed by atoms with Crippen LogP contribution >= 0.6 is 0 Å². The van der Waals surface area contributed by atoms with Crippen LogP contribution in [0.15, 0.2) is 42.5 Å². The van der Waals surface area contributed by atoms with Gasteiger partial charge in [-0.2, -0.15) is 0 Å². The lowest BCUT2D eigenvalue weighted by Gasteiger charge is -2.15. The SMILES string of the molecule is COc1ccc(C(C)NC(=O)Cc2ccccc2F)cc1F. The summed E-state index contributed by atoms with van der Waals surface area (Å²) < 4.78 is 32.0. The van der Waals surface area contributed by atoms with Crippen molar-refractivity contribution in [1.29, 1.82) is 0 Å². The molecule has 1 N–H and O–H groups in total. The molecule has 2 rings (SSSR count). The van der Waals surface area contributed by atoms with E-state index in [0.717, 1.165) is 0 Å². The van der Waals surface area contributed by atoms with Gasteiger partial charge in [-0.25, -0.2) is 8.78 Å². The molecule has 0 aliphatic rings. The van der Waals surface area contributed by atoms with Crippen molar-refractivity contribution < 1.29 is 18.3 Å². The molecule has 0 radical (unpaired) electrons. The van der Waals surface area contributed by atoms with Crippen molar-refractivity contribution in [2.75, 3.05) is 7.11 Å². The highest BCUT2D eigenvalue weighted by atomic mass is 19.1. The Hall–Kier alpha value is -2.43. The highest BCUT2D eigenvalue weighted by molar-refractivity contribution is 5.79. The zero-order valence-electron chi connectivity index (χ0n) is 12.4. The molecule has 0 aliphatic heterocycles. The molecule has 3 nitrogen and oxygen atoms in total. The predicted octanol–water partition coefficient (Wildman–Crippen LogP) is 3.39. The Kier molecular flexibility index (Phi) is 5.09. The molecule has 1 atom stereocenters. The molecular weight excluding hydrogens is 288 g/mol. The lowest BCUT2D eigenvalue weighted by Crippen LogP contribution is -2.28. The van der Waals surface area contributed by atoms with Gasteiger partial charge in [0.15, 0.2) is 11.6 Å². The zero-order chi connectivity index (χ0) is 16.1. The van der Waals surface area contributed by atoms with Crippen LogP contribution in [0.1, 0.15) is 24.1 Å². The van der Waals surface area contributed by atoms with Crippen molar-refractivity contribution >= 4 is 5.91 Å². The summed E-state index contributed by atoms with van der Waals surface area (Å²) in [5.74, 6) is -1.08. The van der Waals surface area contributed by atoms with Crippen LogP contribution in [0.5, 0.6) is 5.75 Å². The van der Waals surface area contributed by atoms with Crippen molar-refractivity contribution in [3.05, 3.63) is 65.2 Å². The van der Waals surface area contributed by atoms with Gasteiger partial charge >= 0.3 is 0 Å². The summed E-state index contributed by atoms with van der Waals surface area (Å²) in [5.41, 5.74) is 0.938. The number of ether oxygens (including phenoxy) is 1. The molecule has 22 heavy (non-hydrogen) atoms. The van der Waals surface area contributed by atoms with Gasteiger partial charge < -0.3 is 10.1 Å². The van der Waals surface area contributed by atoms with E-state index in [1.54, 1.807) is 31.2 Å². The Morgan fingerprint density at radius 3 is 2.55 bits per heavy atom. The Bertz CT molecular complexity index is 673. The maximum absolute atomic E-state index is 13.7. The Labute approximate surface area is 127 Å². The third-order valence-corrected chi connectivity index (χ3v) is 3.36. The largest absolute Gasteiger partial charge is 0.494 e. The number of halogens is 2. The molecule has 0 fully saturated rings. The number of hydrogen-bond donors (Lipinski definition) is 1. The maximum Gasteiger partial charge on any atom is 0.225 e. The fraction of sp³-hybridized carbons (Fsp3) is 0.235. The monoisotopic (exact) mass is 305 g/mol. The predicted molar refractivity (Wildman–Crippen MR) is 79.6 cm³/mol. The summed E-state index contributed by atoms with van der Waals surface area (Å²) in [4.78, 5) is 12.0. The summed E-state index contributed by atoms with van der Waals surface area (Å²) >= 11 is 0. The van der Waals surface area contributed by atoms with Gasteiger partial charge in [0.25, 0.3) is 0 Å². The topological polar surface area (TPSA) is 38.3 Å². The lowest BCUT2D eigenvalue weighted by atomic mass is 10.1. The van der Waals surface area contributed by atoms with Crippen LogP contribution in [-0.4, -0.2) is 13.0 Å². The molecule has 0 saturated heterocycles. The average molecular weight is 305 g/mol. The summed E-state index contributed by atoms with van der Waals surface area (Å²) in [6, 6.07) is 10.2. The number of carbonyl (C=O) groups excluding carboxylic acids is 1. The fourth-order valence-electron chi connectivity index (χ4n) is 2.14. The van der Waals surface area contributed by atoms with Crippen molar-refractivity contribution in [2.45, 2.75) is 19.4 Å². The first-order valence-corrected chi connectivity index (χ1v) is 6.87. The molecule has 0 spiro atoms. The number of nitrogens with one attached hydrogen (secondary N) is 1. The van der Waals surface area contributed by atoms with Gasteiger partial charge in [-0.15, -0.1) is 0 Å². The van der Waals surface area contributed by atoms with Crippen molar-refractivity contribution in [1.82, 2.24) is 5.32 Å². The van der Waals surface area contributed by atoms with Crippen molar-refractivity contribution in [2.24, 2.45) is 0 Å². The number of hydrogen-bond acceptors (Lipinski definition) is 2. The quantitative estimate of drug-likeness (QED) is 0.919. The fourth-order valence-corrected chi connectivity index (χ4v) is 2.14. The van der Waals surface area contributed by atoms with E-state index >= 15 is 0 Å². The minimum atomic E-state index is -0.491. The van der Waals surface area contributed by atoms with Gasteiger partial charge in [0.2, 0.25) is 5.91 Å². The standard InChI is InChI=1S/C17H17F2NO2/c1-11(12-7-8-16(22-2)15(19)9-12)20-17(21)10-13-5-3-4-6-14(13)18/h3-9,11H,10H2,1-2H3,(H,20,21). The number of rotatable bonds is 5. The molecule has 1 amide bonds. The van der Waals surface area contributed by atoms with Gasteiger partial charge in [0, 0.05) is 0 Å². The first-order chi connectivity index (χ1) is 10.5. The molecular formula is C17H17F2NO2. The van der Waals surface area contributed by atoms with Gasteiger partial charge in [-0.05, 0) is 36.2 Å². The smallest absolute Gasteiger partial charge is 0.225 e. The van der Waals surface area contributed by atoms with E-state index in [1.165, 1.54) is 25.3 Å². The number of benzene rings is 2. The van der Waals surface area contributed by atoms with Crippen LogP contribution in [0.3, 0.4) is 0 Å². The van der Waals surface area contributed by atoms with E-state index in [1.807, 2.05) is 0 Å². The normalized spacial score (nSPS) is 11.8. The molecule has 116 valence electrons. The van der Waals surface area contributed by atoms with Crippen LogP contribution in [0.2, 0.25) is 0 Å². The van der Waals surface area contributed by atoms with Crippen LogP contribution in [0.25, 0.3) is 0 Å². The molecule has 5 heteroatoms. The molecule has 2 aromatic carbocycles. The van der Waals surface area contributed by atoms with E-state index in [4.69, 9.17) is 4.74 Å². The number of methoxy groups -OCH3 is 1. The molecule has 0 aromatic heterocycles. The van der Waals surface area contributed by atoms with E-state index in [9.17, 15) is 13.6 Å². The Balaban J connectivity index is 2.02. The molecule has 2 aromatic rings. The molecule has 0 saturated carbocycles. The van der Waals surface area contributed by atoms with Crippen LogP contribution in [0, 0.1) is 11.6 Å². The van der Waals surface area contributed by atoms with E-state index in [2.05, 4.69) is 5.32 Å². The average Bonchev–Trinajstić information content (AvgIpc) is 2.49. The third kappa shape index (κ3) is 3.81. The first-order valence-electron chi connectivity index (χ1n) is 6.87. The van der Waals surface area contributed by atoms with E-state index < -0.39 is 11.6 Å². The highest BCUT2D eigenvalue weighted by Crippen LogP contribution is 2.21. The lowest BCUT2D eigenvalue weighted by molar-refractivity contribution is -0.121. The number of amides is 1. The first kappa shape index (κ1) is 15.9. The minimum absolute atomic E-state index is 0.0599. The molecule has 0 bridgehead atoms. The van der Waals surface area contributed by atoms with E-state index in [0.29, 0.717) is 11.1 Å². The van der Waals surface area contributed by atoms with Gasteiger partial charge in [0.05, 0.1) is 19.6 Å². The van der Waals surface area contributed by atoms with Crippen LogP contribution in [0.4, 0.5) is 8.78 Å². The second-order valence-electron chi connectivity index (χ2n) is 4.95. The summed E-state index contributed by atoms with van der Waals surface area (Å²) in [5, 5.41) is 2.72. The number of carbonyl (C=O) groups is 1. The second-order valence-corrected chi connectivity index (χ2v) is 4.95. The Morgan fingerprint density at radius 2 is 1.91 bits per heavy atom. The molecule has 0 heterocycles. The van der Waals surface area contributed by atoms with Crippen LogP contribution < -0.4 is 10.1 Å². The molecule has 0 aliphatic carbocycles. The van der Waals surface area contributed by atoms with Crippen molar-refractivity contribution in [3.63, 3.8) is 0 Å². The van der Waals surface area contributed by atoms with Crippen LogP contribution in [-0.2, 0) is 11.2 Å². The van der Waals surface area contributed by atoms with Gasteiger partial charge in [0.1, 0.15) is 5.82 Å². The van der Waals surface area contributed by atoms with E-state index in [-0.39, 0.29) is 24.1 Å². The summed E-state index contributed by atoms with van der Waals surface area (Å²) in [6.45, 7) is 1.74. The molecule has 1 unspecified atom stereocenters. The maximum atomic E-state index is 13.7. The zero-order valence-corrected chi connectivity index (χ0v) is 12.4. The summed E-state index contributed by atoms with van der Waals surface area (Å²) in [6.07, 6.45) is -0.0599. The highest BCUT2D eigenvalue weighted by Gasteiger charge is 2.14.